The lowest BCUT2D eigenvalue weighted by Gasteiger charge is -2.16. The van der Waals surface area contributed by atoms with Crippen molar-refractivity contribution in [1.82, 2.24) is 24.5 Å². The van der Waals surface area contributed by atoms with Crippen molar-refractivity contribution in [3.8, 4) is 39.6 Å². The van der Waals surface area contributed by atoms with Gasteiger partial charge >= 0.3 is 0 Å². The van der Waals surface area contributed by atoms with E-state index < -0.39 is 0 Å². The molecule has 5 nitrogen and oxygen atoms in total. The number of rotatable bonds is 4. The van der Waals surface area contributed by atoms with Gasteiger partial charge in [-0.2, -0.15) is 0 Å². The lowest BCUT2D eigenvalue weighted by atomic mass is 9.89. The van der Waals surface area contributed by atoms with Crippen molar-refractivity contribution in [2.45, 2.75) is 0 Å². The van der Waals surface area contributed by atoms with Crippen LogP contribution in [-0.2, 0) is 0 Å². The van der Waals surface area contributed by atoms with Crippen molar-refractivity contribution in [3.05, 3.63) is 164 Å². The Bertz CT molecular complexity index is 2810. The number of aromatic nitrogens is 5. The van der Waals surface area contributed by atoms with Crippen LogP contribution < -0.4 is 0 Å². The molecule has 49 heavy (non-hydrogen) atoms. The second kappa shape index (κ2) is 10.9. The number of fused-ring (bicyclic) bond motifs is 9. The highest BCUT2D eigenvalue weighted by molar-refractivity contribution is 6.24. The van der Waals surface area contributed by atoms with Gasteiger partial charge in [0.25, 0.3) is 0 Å². The summed E-state index contributed by atoms with van der Waals surface area (Å²) in [6.07, 6.45) is 3.94. The average molecular weight is 626 g/mol. The van der Waals surface area contributed by atoms with Crippen molar-refractivity contribution in [2.75, 3.05) is 0 Å². The van der Waals surface area contributed by atoms with Crippen molar-refractivity contribution < 1.29 is 0 Å². The van der Waals surface area contributed by atoms with Gasteiger partial charge in [-0.15, -0.1) is 0 Å². The van der Waals surface area contributed by atoms with Crippen LogP contribution in [0.3, 0.4) is 0 Å². The van der Waals surface area contributed by atoms with Crippen LogP contribution in [0, 0.1) is 0 Å². The summed E-state index contributed by atoms with van der Waals surface area (Å²) in [6.45, 7) is 0. The molecule has 0 atom stereocenters. The highest BCUT2D eigenvalue weighted by atomic mass is 15.2. The van der Waals surface area contributed by atoms with Gasteiger partial charge in [0.05, 0.1) is 11.0 Å². The van der Waals surface area contributed by atoms with Crippen LogP contribution in [-0.4, -0.2) is 24.5 Å². The van der Waals surface area contributed by atoms with E-state index in [-0.39, 0.29) is 0 Å². The minimum Gasteiger partial charge on any atom is -0.278 e. The van der Waals surface area contributed by atoms with Crippen LogP contribution in [0.5, 0.6) is 0 Å². The third kappa shape index (κ3) is 4.33. The third-order valence-electron chi connectivity index (χ3n) is 9.51. The summed E-state index contributed by atoms with van der Waals surface area (Å²) in [5.41, 5.74) is 9.26. The standard InChI is InChI=1S/C44H27N5/c1-4-14-28(15-5-1)33-24-35-36(25-34(33)29-16-6-2-7-17-29)38-27-46-44(49-39-22-12-10-20-31(39)32-21-11-13-23-40(32)49)48-42(38)41-37(35)26-45-43(47-41)30-18-8-3-9-19-30/h1-27H. The predicted molar refractivity (Wildman–Crippen MR) is 201 cm³/mol. The van der Waals surface area contributed by atoms with E-state index in [1.807, 2.05) is 42.7 Å². The molecule has 0 aliphatic rings. The average Bonchev–Trinajstić information content (AvgIpc) is 3.52. The summed E-state index contributed by atoms with van der Waals surface area (Å²) in [5, 5.41) is 6.35. The summed E-state index contributed by atoms with van der Waals surface area (Å²) >= 11 is 0. The molecule has 10 aromatic rings. The van der Waals surface area contributed by atoms with E-state index in [1.165, 1.54) is 10.8 Å². The Morgan fingerprint density at radius 1 is 0.367 bits per heavy atom. The molecule has 0 unspecified atom stereocenters. The third-order valence-corrected chi connectivity index (χ3v) is 9.51. The van der Waals surface area contributed by atoms with Gasteiger partial charge in [0, 0.05) is 39.5 Å². The smallest absolute Gasteiger partial charge is 0.235 e. The molecule has 0 radical (unpaired) electrons. The van der Waals surface area contributed by atoms with Gasteiger partial charge in [-0.3, -0.25) is 4.57 Å². The number of nitrogens with zero attached hydrogens (tertiary/aromatic N) is 5. The Morgan fingerprint density at radius 2 is 0.816 bits per heavy atom. The van der Waals surface area contributed by atoms with E-state index in [1.54, 1.807) is 0 Å². The zero-order valence-electron chi connectivity index (χ0n) is 26.3. The maximum atomic E-state index is 5.38. The molecule has 228 valence electrons. The van der Waals surface area contributed by atoms with Gasteiger partial charge in [0.1, 0.15) is 11.0 Å². The summed E-state index contributed by atoms with van der Waals surface area (Å²) in [5.74, 6) is 1.27. The van der Waals surface area contributed by atoms with Crippen molar-refractivity contribution in [3.63, 3.8) is 0 Å². The van der Waals surface area contributed by atoms with Crippen LogP contribution in [0.1, 0.15) is 0 Å². The highest BCUT2D eigenvalue weighted by Crippen LogP contribution is 2.42. The largest absolute Gasteiger partial charge is 0.278 e. The fraction of sp³-hybridized carbons (Fsp3) is 0. The second-order valence-corrected chi connectivity index (χ2v) is 12.3. The van der Waals surface area contributed by atoms with E-state index >= 15 is 0 Å². The van der Waals surface area contributed by atoms with Crippen LogP contribution >= 0.6 is 0 Å². The quantitative estimate of drug-likeness (QED) is 0.183. The Balaban J connectivity index is 1.34. The normalized spacial score (nSPS) is 11.7. The van der Waals surface area contributed by atoms with Gasteiger partial charge in [0.2, 0.25) is 5.95 Å². The molecule has 0 fully saturated rings. The molecular formula is C44H27N5. The van der Waals surface area contributed by atoms with E-state index in [0.717, 1.165) is 71.4 Å². The molecule has 3 aromatic heterocycles. The Labute approximate surface area is 281 Å². The fourth-order valence-electron chi connectivity index (χ4n) is 7.24. The Morgan fingerprint density at radius 3 is 1.37 bits per heavy atom. The molecule has 0 aliphatic carbocycles. The second-order valence-electron chi connectivity index (χ2n) is 12.3. The van der Waals surface area contributed by atoms with Gasteiger partial charge < -0.3 is 0 Å². The predicted octanol–water partition coefficient (Wildman–Crippen LogP) is 10.8. The van der Waals surface area contributed by atoms with Crippen LogP contribution in [0.2, 0.25) is 0 Å². The van der Waals surface area contributed by atoms with Crippen LogP contribution in [0.25, 0.3) is 94.0 Å². The summed E-state index contributed by atoms with van der Waals surface area (Å²) < 4.78 is 2.16. The van der Waals surface area contributed by atoms with E-state index in [2.05, 4.69) is 126 Å². The van der Waals surface area contributed by atoms with Gasteiger partial charge in [-0.1, -0.05) is 127 Å². The highest BCUT2D eigenvalue weighted by Gasteiger charge is 2.20. The summed E-state index contributed by atoms with van der Waals surface area (Å²) in [6, 6.07) is 52.7. The van der Waals surface area contributed by atoms with Gasteiger partial charge in [-0.05, 0) is 57.3 Å². The van der Waals surface area contributed by atoms with Crippen molar-refractivity contribution >= 4 is 54.4 Å². The first kappa shape index (κ1) is 27.4. The molecule has 3 heterocycles. The van der Waals surface area contributed by atoms with E-state index in [0.29, 0.717) is 11.8 Å². The molecular weight excluding hydrogens is 599 g/mol. The summed E-state index contributed by atoms with van der Waals surface area (Å²) in [4.78, 5) is 20.6. The molecule has 0 bridgehead atoms. The zero-order chi connectivity index (χ0) is 32.3. The first-order valence-electron chi connectivity index (χ1n) is 16.4. The molecule has 0 N–H and O–H groups in total. The molecule has 0 saturated heterocycles. The SMILES string of the molecule is c1ccc(-c2ncc3c4cc(-c5ccccc5)c(-c5ccccc5)cc4c4cnc(-n5c6ccccc6c6ccccc65)nc4c3n2)cc1. The van der Waals surface area contributed by atoms with Gasteiger partial charge in [-0.25, -0.2) is 19.9 Å². The maximum Gasteiger partial charge on any atom is 0.235 e. The molecule has 0 amide bonds. The summed E-state index contributed by atoms with van der Waals surface area (Å²) in [7, 11) is 0. The van der Waals surface area contributed by atoms with Gasteiger partial charge in [0.15, 0.2) is 5.82 Å². The number of para-hydroxylation sites is 2. The number of hydrogen-bond acceptors (Lipinski definition) is 4. The topological polar surface area (TPSA) is 56.5 Å². The maximum absolute atomic E-state index is 5.38. The molecule has 7 aromatic carbocycles. The van der Waals surface area contributed by atoms with E-state index in [9.17, 15) is 0 Å². The molecule has 5 heteroatoms. The van der Waals surface area contributed by atoms with Crippen molar-refractivity contribution in [2.24, 2.45) is 0 Å². The molecule has 10 rings (SSSR count). The molecule has 0 spiro atoms. The van der Waals surface area contributed by atoms with Crippen LogP contribution in [0.15, 0.2) is 164 Å². The Hall–Kier alpha value is -6.72. The Kier molecular flexibility index (Phi) is 6.11. The van der Waals surface area contributed by atoms with E-state index in [4.69, 9.17) is 19.9 Å². The number of benzene rings is 7. The fourth-order valence-corrected chi connectivity index (χ4v) is 7.24. The minimum atomic E-state index is 0.606. The monoisotopic (exact) mass is 625 g/mol. The zero-order valence-corrected chi connectivity index (χ0v) is 26.3. The molecule has 0 saturated carbocycles. The first-order valence-corrected chi connectivity index (χ1v) is 16.4. The lowest BCUT2D eigenvalue weighted by Crippen LogP contribution is -2.02. The minimum absolute atomic E-state index is 0.606. The first-order chi connectivity index (χ1) is 24.3. The molecule has 0 aliphatic heterocycles. The lowest BCUT2D eigenvalue weighted by molar-refractivity contribution is 1.01. The van der Waals surface area contributed by atoms with Crippen LogP contribution in [0.4, 0.5) is 0 Å². The number of hydrogen-bond donors (Lipinski definition) is 0. The van der Waals surface area contributed by atoms with Crippen molar-refractivity contribution in [1.29, 1.82) is 0 Å².